The number of urea groups is 2. The highest BCUT2D eigenvalue weighted by Crippen LogP contribution is 2.52. The van der Waals surface area contributed by atoms with Gasteiger partial charge in [-0.1, -0.05) is 61.4 Å². The molecule has 2 unspecified atom stereocenters. The van der Waals surface area contributed by atoms with E-state index in [-0.39, 0.29) is 24.4 Å². The van der Waals surface area contributed by atoms with Crippen molar-refractivity contribution in [2.45, 2.75) is 87.2 Å². The summed E-state index contributed by atoms with van der Waals surface area (Å²) < 4.78 is 39.6. The fourth-order valence-electron chi connectivity index (χ4n) is 7.18. The summed E-state index contributed by atoms with van der Waals surface area (Å²) in [6.07, 6.45) is 3.43. The first kappa shape index (κ1) is 45.2. The number of amides is 4. The summed E-state index contributed by atoms with van der Waals surface area (Å²) in [5, 5.41) is 12.7. The second kappa shape index (κ2) is 20.8. The lowest BCUT2D eigenvalue weighted by Crippen LogP contribution is -2.31. The zero-order chi connectivity index (χ0) is 41.8. The maximum absolute atomic E-state index is 14.1. The van der Waals surface area contributed by atoms with Crippen molar-refractivity contribution in [2.24, 2.45) is 0 Å². The number of rotatable bonds is 19. The molecule has 13 heteroatoms. The highest BCUT2D eigenvalue weighted by Gasteiger charge is 2.38. The van der Waals surface area contributed by atoms with E-state index in [0.717, 1.165) is 53.5 Å². The van der Waals surface area contributed by atoms with Crippen LogP contribution in [0.3, 0.4) is 0 Å². The average molecular weight is 817 g/mol. The van der Waals surface area contributed by atoms with Crippen molar-refractivity contribution in [3.05, 3.63) is 117 Å². The van der Waals surface area contributed by atoms with E-state index < -0.39 is 26.3 Å². The van der Waals surface area contributed by atoms with Gasteiger partial charge >= 0.3 is 19.4 Å². The van der Waals surface area contributed by atoms with Crippen molar-refractivity contribution in [3.63, 3.8) is 0 Å². The van der Waals surface area contributed by atoms with E-state index in [2.05, 4.69) is 21.3 Å². The Balaban J connectivity index is 1.25. The molecule has 11 nitrogen and oxygen atoms in total. The molecule has 4 N–H and O–H groups in total. The molecule has 306 valence electrons. The number of unbranched alkanes of at least 4 members (excludes halogenated alkanes) is 3. The normalized spacial score (nSPS) is 13.3. The van der Waals surface area contributed by atoms with Crippen molar-refractivity contribution in [3.8, 4) is 0 Å². The fourth-order valence-corrected chi connectivity index (χ4v) is 11.6. The first-order valence-corrected chi connectivity index (χ1v) is 23.0. The van der Waals surface area contributed by atoms with Gasteiger partial charge in [0.2, 0.25) is 7.37 Å². The number of benzene rings is 4. The van der Waals surface area contributed by atoms with Gasteiger partial charge in [-0.25, -0.2) is 9.59 Å². The van der Waals surface area contributed by atoms with E-state index >= 15 is 0 Å². The molecule has 4 aromatic carbocycles. The number of hydrogen-bond acceptors (Lipinski definition) is 7. The highest BCUT2D eigenvalue weighted by molar-refractivity contribution is 7.83. The van der Waals surface area contributed by atoms with E-state index in [1.807, 2.05) is 71.0 Å². The van der Waals surface area contributed by atoms with Crippen LogP contribution in [0.1, 0.15) is 88.8 Å². The minimum atomic E-state index is -3.89. The average Bonchev–Trinajstić information content (AvgIpc) is 3.18. The Kier molecular flexibility index (Phi) is 16.5. The predicted octanol–water partition coefficient (Wildman–Crippen LogP) is 9.96. The van der Waals surface area contributed by atoms with Crippen LogP contribution in [-0.4, -0.2) is 43.9 Å². The van der Waals surface area contributed by atoms with Crippen LogP contribution >= 0.6 is 14.7 Å². The number of aryl methyl sites for hydroxylation is 4. The van der Waals surface area contributed by atoms with Gasteiger partial charge in [0.15, 0.2) is 0 Å². The summed E-state index contributed by atoms with van der Waals surface area (Å²) >= 11 is 0. The van der Waals surface area contributed by atoms with Crippen molar-refractivity contribution < 1.29 is 32.6 Å². The number of hydrogen-bond donors (Lipinski definition) is 4. The topological polar surface area (TPSA) is 152 Å². The Bertz CT molecular complexity index is 2140. The Hall–Kier alpha value is -4.53. The van der Waals surface area contributed by atoms with Crippen LogP contribution in [0.25, 0.3) is 0 Å². The van der Waals surface area contributed by atoms with Crippen molar-refractivity contribution in [1.29, 1.82) is 0 Å². The van der Waals surface area contributed by atoms with Gasteiger partial charge in [-0.15, -0.1) is 0 Å². The summed E-state index contributed by atoms with van der Waals surface area (Å²) in [6, 6.07) is 20.9. The number of anilines is 2. The van der Waals surface area contributed by atoms with Gasteiger partial charge in [0, 0.05) is 40.6 Å². The first-order valence-electron chi connectivity index (χ1n) is 19.6. The number of carbonyl (C=O) groups is 3. The van der Waals surface area contributed by atoms with Crippen LogP contribution in [0.4, 0.5) is 21.0 Å². The quantitative estimate of drug-likeness (QED) is 0.0543. The third-order valence-corrected chi connectivity index (χ3v) is 14.8. The summed E-state index contributed by atoms with van der Waals surface area (Å²) in [7, 11) is -7.07. The second-order valence-corrected chi connectivity index (χ2v) is 19.0. The predicted molar refractivity (Wildman–Crippen MR) is 232 cm³/mol. The maximum atomic E-state index is 14.1. The SMILES string of the molecule is CCOP(=O)(Cc1c(C)cc(C)c(NC(=O)NCCCCCCNC(=O)Nc2c(C)cc(C)c(C(=O)P(=O)(OCC)c3ccccc3)c2C)c1C)c1ccccc1. The molecule has 0 fully saturated rings. The molecule has 0 saturated heterocycles. The molecular weight excluding hydrogens is 758 g/mol. The van der Waals surface area contributed by atoms with Crippen LogP contribution in [-0.2, 0) is 24.3 Å². The minimum Gasteiger partial charge on any atom is -0.338 e. The summed E-state index contributed by atoms with van der Waals surface area (Å²) in [4.78, 5) is 39.8. The Morgan fingerprint density at radius 2 is 1.05 bits per heavy atom. The summed E-state index contributed by atoms with van der Waals surface area (Å²) in [6.45, 7) is 16.2. The first-order chi connectivity index (χ1) is 27.2. The van der Waals surface area contributed by atoms with Crippen molar-refractivity contribution >= 4 is 54.3 Å². The lowest BCUT2D eigenvalue weighted by Gasteiger charge is -2.23. The molecular formula is C44H58N4O7P2. The van der Waals surface area contributed by atoms with Gasteiger partial charge in [-0.05, 0) is 131 Å². The number of carbonyl (C=O) groups excluding carboxylic acids is 3. The van der Waals surface area contributed by atoms with E-state index in [4.69, 9.17) is 9.05 Å². The van der Waals surface area contributed by atoms with E-state index in [9.17, 15) is 23.5 Å². The lowest BCUT2D eigenvalue weighted by molar-refractivity contribution is 0.105. The van der Waals surface area contributed by atoms with Gasteiger partial charge in [-0.3, -0.25) is 13.9 Å². The van der Waals surface area contributed by atoms with Gasteiger partial charge in [-0.2, -0.15) is 0 Å². The van der Waals surface area contributed by atoms with Crippen molar-refractivity contribution in [2.75, 3.05) is 36.9 Å². The Morgan fingerprint density at radius 1 is 0.579 bits per heavy atom. The standard InChI is InChI=1S/C44H58N4O7P2/c1-9-54-56(52,36-21-15-13-16-22-36)29-38-30(3)27-32(5)40(34(38)7)47-43(50)45-25-19-11-12-20-26-46-44(51)48-41-33(6)28-31(4)39(35(41)8)42(49)57(53,55-10-2)37-23-17-14-18-24-37/h13-18,21-24,27-28H,9-12,19-20,25-26,29H2,1-8H3,(H2,45,47,50)(H2,46,48,51). The fraction of sp³-hybridized carbons (Fsp3) is 0.386. The molecule has 4 aromatic rings. The summed E-state index contributed by atoms with van der Waals surface area (Å²) in [5.74, 6) is 0. The van der Waals surface area contributed by atoms with Gasteiger partial charge in [0.25, 0.3) is 5.52 Å². The van der Waals surface area contributed by atoms with E-state index in [0.29, 0.717) is 52.8 Å². The van der Waals surface area contributed by atoms with Crippen LogP contribution in [0.5, 0.6) is 0 Å². The molecule has 0 radical (unpaired) electrons. The molecule has 0 spiro atoms. The smallest absolute Gasteiger partial charge is 0.319 e. The Morgan fingerprint density at radius 3 is 1.56 bits per heavy atom. The Labute approximate surface area is 338 Å². The van der Waals surface area contributed by atoms with Gasteiger partial charge < -0.3 is 30.3 Å². The van der Waals surface area contributed by atoms with Crippen LogP contribution in [0, 0.1) is 41.5 Å². The largest absolute Gasteiger partial charge is 0.338 e. The third-order valence-electron chi connectivity index (χ3n) is 10.00. The van der Waals surface area contributed by atoms with Crippen LogP contribution in [0.15, 0.2) is 72.8 Å². The molecule has 0 aromatic heterocycles. The second-order valence-electron chi connectivity index (χ2n) is 14.2. The molecule has 4 rings (SSSR count). The van der Waals surface area contributed by atoms with Crippen LogP contribution in [0.2, 0.25) is 0 Å². The molecule has 2 atom stereocenters. The monoisotopic (exact) mass is 816 g/mol. The molecule has 57 heavy (non-hydrogen) atoms. The highest BCUT2D eigenvalue weighted by atomic mass is 31.2. The summed E-state index contributed by atoms with van der Waals surface area (Å²) in [5.41, 5.74) is 6.52. The minimum absolute atomic E-state index is 0.105. The third kappa shape index (κ3) is 11.3. The zero-order valence-corrected chi connectivity index (χ0v) is 36.3. The molecule has 0 aliphatic heterocycles. The molecule has 0 aliphatic carbocycles. The molecule has 0 heterocycles. The molecule has 0 saturated carbocycles. The maximum Gasteiger partial charge on any atom is 0.319 e. The lowest BCUT2D eigenvalue weighted by atomic mass is 9.98. The zero-order valence-electron chi connectivity index (χ0n) is 34.5. The van der Waals surface area contributed by atoms with Crippen molar-refractivity contribution in [1.82, 2.24) is 10.6 Å². The van der Waals surface area contributed by atoms with E-state index in [1.54, 1.807) is 57.2 Å². The number of nitrogens with one attached hydrogen (secondary N) is 4. The van der Waals surface area contributed by atoms with E-state index in [1.165, 1.54) is 0 Å². The van der Waals surface area contributed by atoms with Gasteiger partial charge in [0.05, 0.1) is 19.4 Å². The van der Waals surface area contributed by atoms with Gasteiger partial charge in [0.1, 0.15) is 0 Å². The van der Waals surface area contributed by atoms with Crippen LogP contribution < -0.4 is 31.9 Å². The molecule has 0 bridgehead atoms. The molecule has 0 aliphatic rings. The molecule has 4 amide bonds.